The minimum absolute atomic E-state index is 0.0579. The van der Waals surface area contributed by atoms with Crippen molar-refractivity contribution in [3.8, 4) is 0 Å². The number of carboxylic acids is 1. The standard InChI is InChI=1S/C16H22N2O6S/c1-3-4-7-12(16(20)21)17-15(19)13-10-14(11(2)24-13)25(22,23)18-8-5-6-9-18/h3,10,12H,1,4-9H2,2H3,(H,17,19)(H,20,21). The van der Waals surface area contributed by atoms with Gasteiger partial charge in [-0.1, -0.05) is 6.08 Å². The summed E-state index contributed by atoms with van der Waals surface area (Å²) in [6.45, 7) is 5.86. The van der Waals surface area contributed by atoms with E-state index in [0.717, 1.165) is 18.9 Å². The van der Waals surface area contributed by atoms with Crippen LogP contribution < -0.4 is 5.32 Å². The first kappa shape index (κ1) is 19.2. The lowest BCUT2D eigenvalue weighted by Gasteiger charge is -2.14. The lowest BCUT2D eigenvalue weighted by Crippen LogP contribution is -2.40. The molecule has 2 rings (SSSR count). The summed E-state index contributed by atoms with van der Waals surface area (Å²) in [6, 6.07) is 0.0552. The zero-order chi connectivity index (χ0) is 18.6. The lowest BCUT2D eigenvalue weighted by atomic mass is 10.1. The van der Waals surface area contributed by atoms with E-state index in [0.29, 0.717) is 19.5 Å². The van der Waals surface area contributed by atoms with Gasteiger partial charge in [0, 0.05) is 19.2 Å². The van der Waals surface area contributed by atoms with Crippen molar-refractivity contribution >= 4 is 21.9 Å². The number of hydrogen-bond acceptors (Lipinski definition) is 5. The van der Waals surface area contributed by atoms with Gasteiger partial charge in [0.2, 0.25) is 10.0 Å². The fraction of sp³-hybridized carbons (Fsp3) is 0.500. The molecule has 0 aromatic carbocycles. The van der Waals surface area contributed by atoms with Crippen molar-refractivity contribution in [2.45, 2.75) is 43.5 Å². The van der Waals surface area contributed by atoms with Crippen molar-refractivity contribution in [1.29, 1.82) is 0 Å². The van der Waals surface area contributed by atoms with Gasteiger partial charge in [-0.3, -0.25) is 4.79 Å². The van der Waals surface area contributed by atoms with E-state index in [1.807, 2.05) is 0 Å². The Morgan fingerprint density at radius 2 is 2.08 bits per heavy atom. The molecule has 0 radical (unpaired) electrons. The number of furan rings is 1. The van der Waals surface area contributed by atoms with E-state index in [4.69, 9.17) is 9.52 Å². The Labute approximate surface area is 146 Å². The van der Waals surface area contributed by atoms with Crippen LogP contribution >= 0.6 is 0 Å². The number of hydrogen-bond donors (Lipinski definition) is 2. The molecular formula is C16H22N2O6S. The maximum absolute atomic E-state index is 12.6. The molecule has 1 aromatic rings. The highest BCUT2D eigenvalue weighted by atomic mass is 32.2. The summed E-state index contributed by atoms with van der Waals surface area (Å²) in [5.41, 5.74) is 0. The maximum atomic E-state index is 12.6. The molecule has 2 N–H and O–H groups in total. The number of nitrogens with zero attached hydrogens (tertiary/aromatic N) is 1. The third-order valence-electron chi connectivity index (χ3n) is 4.04. The maximum Gasteiger partial charge on any atom is 0.326 e. The van der Waals surface area contributed by atoms with Crippen LogP contribution in [0.1, 0.15) is 42.0 Å². The highest BCUT2D eigenvalue weighted by Gasteiger charge is 2.32. The number of carbonyl (C=O) groups excluding carboxylic acids is 1. The highest BCUT2D eigenvalue weighted by molar-refractivity contribution is 7.89. The second-order valence-corrected chi connectivity index (χ2v) is 7.78. The molecule has 1 atom stereocenters. The Bertz CT molecular complexity index is 762. The first-order chi connectivity index (χ1) is 11.8. The minimum atomic E-state index is -3.71. The number of carboxylic acid groups (broad SMARTS) is 1. The van der Waals surface area contributed by atoms with Gasteiger partial charge in [-0.2, -0.15) is 4.31 Å². The Balaban J connectivity index is 2.19. The molecule has 0 bridgehead atoms. The largest absolute Gasteiger partial charge is 0.480 e. The molecular weight excluding hydrogens is 348 g/mol. The second kappa shape index (κ2) is 7.83. The molecule has 0 aliphatic carbocycles. The van der Waals surface area contributed by atoms with Gasteiger partial charge in [-0.05, 0) is 32.6 Å². The normalized spacial score (nSPS) is 16.5. The monoisotopic (exact) mass is 370 g/mol. The van der Waals surface area contributed by atoms with Crippen LogP contribution in [0.2, 0.25) is 0 Å². The van der Waals surface area contributed by atoms with Gasteiger partial charge >= 0.3 is 5.97 Å². The van der Waals surface area contributed by atoms with Crippen LogP contribution in [0.5, 0.6) is 0 Å². The van der Waals surface area contributed by atoms with Crippen LogP contribution in [0.25, 0.3) is 0 Å². The van der Waals surface area contributed by atoms with E-state index >= 15 is 0 Å². The number of aliphatic carboxylic acids is 1. The topological polar surface area (TPSA) is 117 Å². The number of aryl methyl sites for hydroxylation is 1. The molecule has 9 heteroatoms. The van der Waals surface area contributed by atoms with Crippen molar-refractivity contribution in [3.05, 3.63) is 30.2 Å². The molecule has 8 nitrogen and oxygen atoms in total. The summed E-state index contributed by atoms with van der Waals surface area (Å²) < 4.78 is 31.8. The molecule has 1 saturated heterocycles. The first-order valence-corrected chi connectivity index (χ1v) is 9.46. The summed E-state index contributed by atoms with van der Waals surface area (Å²) >= 11 is 0. The van der Waals surface area contributed by atoms with Crippen LogP contribution in [-0.2, 0) is 14.8 Å². The van der Waals surface area contributed by atoms with E-state index in [9.17, 15) is 18.0 Å². The molecule has 1 aromatic heterocycles. The van der Waals surface area contributed by atoms with E-state index < -0.39 is 27.9 Å². The molecule has 1 aliphatic heterocycles. The van der Waals surface area contributed by atoms with Crippen molar-refractivity contribution in [3.63, 3.8) is 0 Å². The fourth-order valence-corrected chi connectivity index (χ4v) is 4.35. The van der Waals surface area contributed by atoms with Gasteiger partial charge in [-0.15, -0.1) is 6.58 Å². The quantitative estimate of drug-likeness (QED) is 0.670. The van der Waals surface area contributed by atoms with Gasteiger partial charge < -0.3 is 14.8 Å². The predicted octanol–water partition coefficient (Wildman–Crippen LogP) is 1.52. The van der Waals surface area contributed by atoms with E-state index in [2.05, 4.69) is 11.9 Å². The third-order valence-corrected chi connectivity index (χ3v) is 6.05. The first-order valence-electron chi connectivity index (χ1n) is 8.02. The average molecular weight is 370 g/mol. The van der Waals surface area contributed by atoms with Gasteiger partial charge in [0.1, 0.15) is 16.7 Å². The Morgan fingerprint density at radius 1 is 1.44 bits per heavy atom. The van der Waals surface area contributed by atoms with E-state index in [-0.39, 0.29) is 22.8 Å². The molecule has 1 amide bonds. The number of carbonyl (C=O) groups is 2. The molecule has 25 heavy (non-hydrogen) atoms. The molecule has 138 valence electrons. The van der Waals surface area contributed by atoms with Crippen LogP contribution in [-0.4, -0.2) is 48.8 Å². The highest BCUT2D eigenvalue weighted by Crippen LogP contribution is 2.26. The number of sulfonamides is 1. The number of amides is 1. The molecule has 1 fully saturated rings. The summed E-state index contributed by atoms with van der Waals surface area (Å²) in [7, 11) is -3.71. The molecule has 0 spiro atoms. The molecule has 1 unspecified atom stereocenters. The Morgan fingerprint density at radius 3 is 2.64 bits per heavy atom. The minimum Gasteiger partial charge on any atom is -0.480 e. The van der Waals surface area contributed by atoms with Crippen molar-refractivity contribution in [2.24, 2.45) is 0 Å². The zero-order valence-electron chi connectivity index (χ0n) is 14.0. The smallest absolute Gasteiger partial charge is 0.326 e. The summed E-state index contributed by atoms with van der Waals surface area (Å²) in [6.07, 6.45) is 3.76. The van der Waals surface area contributed by atoms with Crippen LogP contribution in [0.15, 0.2) is 28.0 Å². The predicted molar refractivity (Wildman–Crippen MR) is 89.8 cm³/mol. The number of rotatable bonds is 8. The van der Waals surface area contributed by atoms with E-state index in [1.165, 1.54) is 11.2 Å². The van der Waals surface area contributed by atoms with Crippen molar-refractivity contribution < 1.29 is 27.5 Å². The molecule has 0 saturated carbocycles. The van der Waals surface area contributed by atoms with Crippen LogP contribution in [0.4, 0.5) is 0 Å². The Kier molecular flexibility index (Phi) is 6.02. The summed E-state index contributed by atoms with van der Waals surface area (Å²) in [5, 5.41) is 11.5. The van der Waals surface area contributed by atoms with Gasteiger partial charge in [-0.25, -0.2) is 13.2 Å². The van der Waals surface area contributed by atoms with Crippen molar-refractivity contribution in [2.75, 3.05) is 13.1 Å². The molecule has 1 aliphatic rings. The van der Waals surface area contributed by atoms with E-state index in [1.54, 1.807) is 6.08 Å². The van der Waals surface area contributed by atoms with Crippen molar-refractivity contribution in [1.82, 2.24) is 9.62 Å². The fourth-order valence-electron chi connectivity index (χ4n) is 2.67. The number of allylic oxidation sites excluding steroid dienone is 1. The van der Waals surface area contributed by atoms with Crippen LogP contribution in [0.3, 0.4) is 0 Å². The summed E-state index contributed by atoms with van der Waals surface area (Å²) in [4.78, 5) is 23.4. The molecule has 2 heterocycles. The zero-order valence-corrected chi connectivity index (χ0v) is 14.8. The van der Waals surface area contributed by atoms with Gasteiger partial charge in [0.05, 0.1) is 0 Å². The Hall–Kier alpha value is -2.13. The third kappa shape index (κ3) is 4.29. The second-order valence-electron chi connectivity index (χ2n) is 5.87. The average Bonchev–Trinajstić information content (AvgIpc) is 3.20. The van der Waals surface area contributed by atoms with Gasteiger partial charge in [0.15, 0.2) is 5.76 Å². The van der Waals surface area contributed by atoms with Crippen LogP contribution in [0, 0.1) is 6.92 Å². The summed E-state index contributed by atoms with van der Waals surface area (Å²) in [5.74, 6) is -2.05. The SMILES string of the molecule is C=CCCC(NC(=O)c1cc(S(=O)(=O)N2CCCC2)c(C)o1)C(=O)O. The number of nitrogens with one attached hydrogen (secondary N) is 1. The van der Waals surface area contributed by atoms with Gasteiger partial charge in [0.25, 0.3) is 5.91 Å². The lowest BCUT2D eigenvalue weighted by molar-refractivity contribution is -0.139.